The van der Waals surface area contributed by atoms with Gasteiger partial charge in [0.05, 0.1) is 28.2 Å². The maximum Gasteiger partial charge on any atom is 0.253 e. The zero-order chi connectivity index (χ0) is 25.3. The van der Waals surface area contributed by atoms with Crippen LogP contribution in [0.2, 0.25) is 10.0 Å². The number of rotatable bonds is 4. The summed E-state index contributed by atoms with van der Waals surface area (Å²) in [5.74, 6) is -4.33. The lowest BCUT2D eigenvalue weighted by molar-refractivity contribution is -0.230. The monoisotopic (exact) mass is 524 g/mol. The number of likely N-dealkylation sites (tertiary alicyclic amines) is 1. The third kappa shape index (κ3) is 3.33. The zero-order valence-electron chi connectivity index (χ0n) is 18.1. The molecule has 8 N–H and O–H groups in total. The van der Waals surface area contributed by atoms with Crippen molar-refractivity contribution in [1.82, 2.24) is 20.4 Å². The molecule has 4 aliphatic rings. The highest BCUT2D eigenvalue weighted by atomic mass is 35.5. The van der Waals surface area contributed by atoms with Crippen LogP contribution in [0.1, 0.15) is 23.2 Å². The number of halogens is 2. The Morgan fingerprint density at radius 1 is 1.20 bits per heavy atom. The number of imide groups is 1. The fourth-order valence-electron chi connectivity index (χ4n) is 5.16. The number of nitrogens with one attached hydrogen (secondary N) is 2. The van der Waals surface area contributed by atoms with E-state index in [0.29, 0.717) is 0 Å². The van der Waals surface area contributed by atoms with E-state index in [1.807, 2.05) is 0 Å². The largest absolute Gasteiger partial charge is 0.370 e. The molecule has 0 saturated carbocycles. The summed E-state index contributed by atoms with van der Waals surface area (Å²) in [5, 5.41) is 28.4. The van der Waals surface area contributed by atoms with Gasteiger partial charge in [0.25, 0.3) is 5.91 Å². The van der Waals surface area contributed by atoms with Crippen LogP contribution in [0.3, 0.4) is 0 Å². The summed E-state index contributed by atoms with van der Waals surface area (Å²) in [6.45, 7) is -0.338. The molecule has 4 heterocycles. The molecule has 1 aromatic carbocycles. The number of aliphatic imine (C=N–C) groups is 2. The first kappa shape index (κ1) is 23.6. The fraction of sp³-hybridized carbons (Fsp3) is 0.450. The van der Waals surface area contributed by atoms with E-state index in [2.05, 4.69) is 20.6 Å². The lowest BCUT2D eigenvalue weighted by atomic mass is 9.84. The van der Waals surface area contributed by atoms with Crippen LogP contribution in [0.4, 0.5) is 0 Å². The van der Waals surface area contributed by atoms with Gasteiger partial charge in [-0.05, 0) is 12.1 Å². The average Bonchev–Trinajstić information content (AvgIpc) is 3.38. The van der Waals surface area contributed by atoms with E-state index in [-0.39, 0.29) is 65.3 Å². The van der Waals surface area contributed by atoms with Crippen molar-refractivity contribution < 1.29 is 24.6 Å². The molecule has 4 aliphatic heterocycles. The van der Waals surface area contributed by atoms with Crippen LogP contribution in [-0.4, -0.2) is 92.3 Å². The molecule has 0 bridgehead atoms. The summed E-state index contributed by atoms with van der Waals surface area (Å²) in [4.78, 5) is 48.4. The Morgan fingerprint density at radius 2 is 1.89 bits per heavy atom. The molecule has 186 valence electrons. The normalized spacial score (nSPS) is 31.0. The Hall–Kier alpha value is -3.13. The molecule has 15 heteroatoms. The Morgan fingerprint density at radius 3 is 2.57 bits per heavy atom. The summed E-state index contributed by atoms with van der Waals surface area (Å²) in [6.07, 6.45) is 0.168. The van der Waals surface area contributed by atoms with Crippen molar-refractivity contribution in [3.63, 3.8) is 0 Å². The molecule has 2 fully saturated rings. The number of nitrogens with two attached hydrogens (primary N) is 2. The lowest BCUT2D eigenvalue weighted by Gasteiger charge is -2.49. The van der Waals surface area contributed by atoms with Gasteiger partial charge in [0, 0.05) is 19.4 Å². The van der Waals surface area contributed by atoms with Gasteiger partial charge in [0.15, 0.2) is 17.6 Å². The molecule has 2 unspecified atom stereocenters. The minimum atomic E-state index is -2.68. The molecule has 0 radical (unpaired) electrons. The molecule has 4 atom stereocenters. The summed E-state index contributed by atoms with van der Waals surface area (Å²) < 4.78 is 0. The topological polar surface area (TPSA) is 199 Å². The van der Waals surface area contributed by atoms with Gasteiger partial charge < -0.3 is 37.2 Å². The second kappa shape index (κ2) is 7.95. The van der Waals surface area contributed by atoms with Crippen LogP contribution in [0.15, 0.2) is 28.2 Å². The van der Waals surface area contributed by atoms with E-state index in [1.165, 1.54) is 23.1 Å². The summed E-state index contributed by atoms with van der Waals surface area (Å²) >= 11 is 12.1. The van der Waals surface area contributed by atoms with Gasteiger partial charge in [-0.1, -0.05) is 29.3 Å². The van der Waals surface area contributed by atoms with Gasteiger partial charge in [-0.2, -0.15) is 0 Å². The van der Waals surface area contributed by atoms with Crippen LogP contribution < -0.4 is 22.1 Å². The smallest absolute Gasteiger partial charge is 0.253 e. The Bertz CT molecular complexity index is 1190. The quantitative estimate of drug-likeness (QED) is 0.189. The second-order valence-corrected chi connectivity index (χ2v) is 9.55. The highest BCUT2D eigenvalue weighted by molar-refractivity contribution is 6.43. The first-order chi connectivity index (χ1) is 16.5. The Balaban J connectivity index is 1.48. The molecule has 3 amide bonds. The molecule has 1 aromatic rings. The van der Waals surface area contributed by atoms with E-state index in [1.54, 1.807) is 0 Å². The molecule has 2 saturated heterocycles. The van der Waals surface area contributed by atoms with Crippen LogP contribution in [0.5, 0.6) is 0 Å². The molecule has 35 heavy (non-hydrogen) atoms. The van der Waals surface area contributed by atoms with Crippen molar-refractivity contribution in [3.05, 3.63) is 33.8 Å². The number of benzene rings is 1. The van der Waals surface area contributed by atoms with Gasteiger partial charge in [-0.15, -0.1) is 0 Å². The van der Waals surface area contributed by atoms with Gasteiger partial charge in [-0.3, -0.25) is 19.3 Å². The van der Waals surface area contributed by atoms with Crippen LogP contribution >= 0.6 is 23.2 Å². The maximum atomic E-state index is 13.0. The van der Waals surface area contributed by atoms with Gasteiger partial charge >= 0.3 is 0 Å². The first-order valence-electron chi connectivity index (χ1n) is 10.7. The summed E-state index contributed by atoms with van der Waals surface area (Å²) in [5.41, 5.74) is 10.4. The molecular weight excluding hydrogens is 503 g/mol. The number of aliphatic hydroxyl groups is 2. The molecular formula is C20H22Cl2N8O5. The average molecular weight is 525 g/mol. The highest BCUT2D eigenvalue weighted by Crippen LogP contribution is 2.45. The Kier molecular flexibility index (Phi) is 5.36. The predicted molar refractivity (Wildman–Crippen MR) is 124 cm³/mol. The van der Waals surface area contributed by atoms with E-state index < -0.39 is 35.5 Å². The number of amides is 3. The fourth-order valence-corrected chi connectivity index (χ4v) is 5.55. The summed E-state index contributed by atoms with van der Waals surface area (Å²) in [6, 6.07) is 1.21. The maximum absolute atomic E-state index is 13.0. The highest BCUT2D eigenvalue weighted by Gasteiger charge is 2.73. The molecule has 0 aliphatic carbocycles. The van der Waals surface area contributed by atoms with Crippen LogP contribution in [0.25, 0.3) is 0 Å². The van der Waals surface area contributed by atoms with E-state index in [0.717, 1.165) is 4.90 Å². The van der Waals surface area contributed by atoms with Gasteiger partial charge in [-0.25, -0.2) is 9.98 Å². The third-order valence-corrected chi connectivity index (χ3v) is 7.65. The number of carbonyl (C=O) groups excluding carboxylic acids is 3. The number of guanidine groups is 2. The summed E-state index contributed by atoms with van der Waals surface area (Å²) in [7, 11) is 0. The second-order valence-electron chi connectivity index (χ2n) is 8.77. The third-order valence-electron chi connectivity index (χ3n) is 6.83. The van der Waals surface area contributed by atoms with Crippen molar-refractivity contribution in [2.75, 3.05) is 13.1 Å². The number of hydrogen-bond donors (Lipinski definition) is 6. The molecule has 1 spiro atoms. The van der Waals surface area contributed by atoms with Crippen molar-refractivity contribution in [2.24, 2.45) is 21.5 Å². The predicted octanol–water partition coefficient (Wildman–Crippen LogP) is -2.08. The van der Waals surface area contributed by atoms with Crippen LogP contribution in [-0.2, 0) is 9.59 Å². The number of hydrogen-bond acceptors (Lipinski definition) is 11. The molecule has 13 nitrogen and oxygen atoms in total. The minimum Gasteiger partial charge on any atom is -0.370 e. The van der Waals surface area contributed by atoms with Crippen molar-refractivity contribution in [1.29, 1.82) is 0 Å². The van der Waals surface area contributed by atoms with Gasteiger partial charge in [0.2, 0.25) is 17.6 Å². The van der Waals surface area contributed by atoms with Crippen molar-refractivity contribution >= 4 is 52.8 Å². The zero-order valence-corrected chi connectivity index (χ0v) is 19.6. The van der Waals surface area contributed by atoms with Gasteiger partial charge in [0.1, 0.15) is 12.1 Å². The van der Waals surface area contributed by atoms with E-state index in [9.17, 15) is 24.6 Å². The Labute approximate surface area is 208 Å². The van der Waals surface area contributed by atoms with Crippen molar-refractivity contribution in [2.45, 2.75) is 42.4 Å². The van der Waals surface area contributed by atoms with E-state index in [4.69, 9.17) is 34.7 Å². The van der Waals surface area contributed by atoms with Crippen LogP contribution in [0, 0.1) is 0 Å². The standard InChI is InChI=1S/C20H22Cl2N8O5/c21-9-3-1-2-8(14(9)22)16(33)26-11-7-30-18(24)25-10(6-29-12(31)4-5-13(29)32)15-19(30,20(11,34)35)28-17(23)27-15/h1-3,10-11,15,34-35H,4-7H2,(H2,24,25)(H,26,33)(H3,23,27,28)/t10-,11?,15?,19+/m0/s1. The molecule has 5 rings (SSSR count). The van der Waals surface area contributed by atoms with E-state index >= 15 is 0 Å². The number of nitrogens with zero attached hydrogens (tertiary/aromatic N) is 4. The first-order valence-corrected chi connectivity index (χ1v) is 11.5. The lowest BCUT2D eigenvalue weighted by Crippen LogP contribution is -2.78. The number of carbonyl (C=O) groups is 3. The SMILES string of the molecule is NC1=NC2[C@H](CN3C(=O)CCC3=O)N=C(N)N3CC(NC(=O)c4cccc(Cl)c4Cl)C(O)(O)[C@@]23N1. The van der Waals surface area contributed by atoms with Crippen molar-refractivity contribution in [3.8, 4) is 0 Å². The molecule has 0 aromatic heterocycles. The minimum absolute atomic E-state index is 0.00700.